The van der Waals surface area contributed by atoms with Crippen LogP contribution >= 0.6 is 15.9 Å². The van der Waals surface area contributed by atoms with Crippen LogP contribution in [0.2, 0.25) is 0 Å². The highest BCUT2D eigenvalue weighted by Gasteiger charge is 2.10. The van der Waals surface area contributed by atoms with Gasteiger partial charge in [0.15, 0.2) is 5.82 Å². The summed E-state index contributed by atoms with van der Waals surface area (Å²) in [4.78, 5) is 8.51. The van der Waals surface area contributed by atoms with Gasteiger partial charge in [0.25, 0.3) is 0 Å². The number of hydrogen-bond acceptors (Lipinski definition) is 3. The molecule has 0 spiro atoms. The number of hydrogen-bond donors (Lipinski definition) is 1. The first-order chi connectivity index (χ1) is 10.1. The number of anilines is 2. The molecule has 0 amide bonds. The van der Waals surface area contributed by atoms with Gasteiger partial charge in [-0.15, -0.1) is 0 Å². The molecule has 1 aromatic heterocycles. The molecule has 0 saturated heterocycles. The van der Waals surface area contributed by atoms with Crippen molar-refractivity contribution in [3.8, 4) is 0 Å². The summed E-state index contributed by atoms with van der Waals surface area (Å²) >= 11 is 3.18. The van der Waals surface area contributed by atoms with Crippen LogP contribution in [0.1, 0.15) is 11.1 Å². The van der Waals surface area contributed by atoms with Crippen LogP contribution in [0.15, 0.2) is 41.1 Å². The maximum Gasteiger partial charge on any atom is 0.160 e. The van der Waals surface area contributed by atoms with Gasteiger partial charge >= 0.3 is 0 Å². The molecule has 3 rings (SSSR count). The summed E-state index contributed by atoms with van der Waals surface area (Å²) in [6.07, 6.45) is 1.48. The molecule has 106 valence electrons. The molecule has 0 bridgehead atoms. The van der Waals surface area contributed by atoms with Crippen LogP contribution in [0, 0.1) is 19.7 Å². The summed E-state index contributed by atoms with van der Waals surface area (Å²) in [5.41, 5.74) is 3.53. The molecular formula is C16H13BrFN3. The first-order valence-electron chi connectivity index (χ1n) is 6.49. The lowest BCUT2D eigenvalue weighted by atomic mass is 10.1. The Morgan fingerprint density at radius 2 is 1.86 bits per heavy atom. The highest BCUT2D eigenvalue weighted by atomic mass is 79.9. The van der Waals surface area contributed by atoms with E-state index < -0.39 is 0 Å². The molecule has 1 heterocycles. The lowest BCUT2D eigenvalue weighted by molar-refractivity contribution is 0.625. The van der Waals surface area contributed by atoms with Crippen molar-refractivity contribution in [1.29, 1.82) is 0 Å². The highest BCUT2D eigenvalue weighted by Crippen LogP contribution is 2.29. The molecule has 0 radical (unpaired) electrons. The fourth-order valence-electron chi connectivity index (χ4n) is 2.14. The largest absolute Gasteiger partial charge is 0.337 e. The van der Waals surface area contributed by atoms with E-state index in [2.05, 4.69) is 31.2 Å². The van der Waals surface area contributed by atoms with E-state index in [4.69, 9.17) is 0 Å². The van der Waals surface area contributed by atoms with Gasteiger partial charge in [-0.25, -0.2) is 14.4 Å². The number of aryl methyl sites for hydroxylation is 2. The van der Waals surface area contributed by atoms with Crippen LogP contribution < -0.4 is 5.32 Å². The first kappa shape index (κ1) is 13.9. The molecule has 0 unspecified atom stereocenters. The molecule has 21 heavy (non-hydrogen) atoms. The van der Waals surface area contributed by atoms with Gasteiger partial charge in [-0.2, -0.15) is 0 Å². The number of halogens is 2. The Kier molecular flexibility index (Phi) is 3.59. The maximum atomic E-state index is 14.1. The van der Waals surface area contributed by atoms with Crippen molar-refractivity contribution in [1.82, 2.24) is 9.97 Å². The molecule has 0 aliphatic rings. The normalized spacial score (nSPS) is 10.9. The van der Waals surface area contributed by atoms with Gasteiger partial charge < -0.3 is 5.32 Å². The third kappa shape index (κ3) is 2.61. The van der Waals surface area contributed by atoms with Crippen molar-refractivity contribution < 1.29 is 4.39 Å². The molecule has 0 aliphatic carbocycles. The summed E-state index contributed by atoms with van der Waals surface area (Å²) in [6.45, 7) is 4.07. The third-order valence-electron chi connectivity index (χ3n) is 3.46. The van der Waals surface area contributed by atoms with Crippen LogP contribution in [0.5, 0.6) is 0 Å². The lowest BCUT2D eigenvalue weighted by Crippen LogP contribution is -1.99. The Balaban J connectivity index is 2.12. The monoisotopic (exact) mass is 345 g/mol. The number of nitrogens with one attached hydrogen (secondary N) is 1. The average molecular weight is 346 g/mol. The molecule has 0 aliphatic heterocycles. The van der Waals surface area contributed by atoms with E-state index in [0.717, 1.165) is 16.5 Å². The molecule has 2 aromatic carbocycles. The van der Waals surface area contributed by atoms with Gasteiger partial charge in [0, 0.05) is 5.39 Å². The van der Waals surface area contributed by atoms with Crippen LogP contribution in [0.4, 0.5) is 15.9 Å². The minimum absolute atomic E-state index is 0.340. The predicted octanol–water partition coefficient (Wildman–Crippen LogP) is 4.89. The number of benzene rings is 2. The second kappa shape index (κ2) is 5.41. The van der Waals surface area contributed by atoms with E-state index in [0.29, 0.717) is 16.0 Å². The Labute approximate surface area is 130 Å². The van der Waals surface area contributed by atoms with Crippen LogP contribution in [-0.2, 0) is 0 Å². The van der Waals surface area contributed by atoms with Crippen molar-refractivity contribution in [2.45, 2.75) is 13.8 Å². The molecular weight excluding hydrogens is 333 g/mol. The Morgan fingerprint density at radius 3 is 2.67 bits per heavy atom. The van der Waals surface area contributed by atoms with Crippen LogP contribution in [0.3, 0.4) is 0 Å². The summed E-state index contributed by atoms with van der Waals surface area (Å²) in [7, 11) is 0. The van der Waals surface area contributed by atoms with E-state index in [9.17, 15) is 4.39 Å². The second-order valence-corrected chi connectivity index (χ2v) is 5.76. The molecule has 3 aromatic rings. The average Bonchev–Trinajstić information content (AvgIpc) is 2.46. The zero-order valence-electron chi connectivity index (χ0n) is 11.6. The van der Waals surface area contributed by atoms with Crippen LogP contribution in [-0.4, -0.2) is 9.97 Å². The molecule has 0 atom stereocenters. The molecule has 0 saturated carbocycles. The van der Waals surface area contributed by atoms with Crippen molar-refractivity contribution in [2.75, 3.05) is 5.32 Å². The lowest BCUT2D eigenvalue weighted by Gasteiger charge is -2.11. The third-order valence-corrected chi connectivity index (χ3v) is 4.07. The van der Waals surface area contributed by atoms with Gasteiger partial charge in [0.05, 0.1) is 15.7 Å². The maximum absolute atomic E-state index is 14.1. The van der Waals surface area contributed by atoms with E-state index in [-0.39, 0.29) is 5.82 Å². The number of nitrogens with zero attached hydrogens (tertiary/aromatic N) is 2. The minimum atomic E-state index is -0.340. The zero-order valence-corrected chi connectivity index (χ0v) is 13.2. The fraction of sp³-hybridized carbons (Fsp3) is 0.125. The summed E-state index contributed by atoms with van der Waals surface area (Å²) in [5.74, 6) is 0.258. The van der Waals surface area contributed by atoms with Crippen molar-refractivity contribution in [3.63, 3.8) is 0 Å². The molecule has 0 fully saturated rings. The van der Waals surface area contributed by atoms with E-state index in [1.54, 1.807) is 18.2 Å². The van der Waals surface area contributed by atoms with Crippen molar-refractivity contribution in [3.05, 3.63) is 58.1 Å². The second-order valence-electron chi connectivity index (χ2n) is 4.90. The Hall–Kier alpha value is -2.01. The predicted molar refractivity (Wildman–Crippen MR) is 86.4 cm³/mol. The smallest absolute Gasteiger partial charge is 0.160 e. The molecule has 3 nitrogen and oxygen atoms in total. The standard InChI is InChI=1S/C16H13BrFN3/c1-9-6-11-14(7-10(9)2)19-8-20-16(11)21-13-5-3-4-12(17)15(13)18/h3-8H,1-2H3,(H,19,20,21). The quantitative estimate of drug-likeness (QED) is 0.718. The van der Waals surface area contributed by atoms with Gasteiger partial charge in [0.2, 0.25) is 0 Å². The summed E-state index contributed by atoms with van der Waals surface area (Å²) in [5, 5.41) is 3.92. The number of rotatable bonds is 2. The van der Waals surface area contributed by atoms with E-state index in [1.807, 2.05) is 26.0 Å². The van der Waals surface area contributed by atoms with E-state index >= 15 is 0 Å². The van der Waals surface area contributed by atoms with Gasteiger partial charge in [-0.05, 0) is 65.2 Å². The SMILES string of the molecule is Cc1cc2ncnc(Nc3cccc(Br)c3F)c2cc1C. The van der Waals surface area contributed by atoms with Gasteiger partial charge in [-0.3, -0.25) is 0 Å². The molecule has 1 N–H and O–H groups in total. The Bertz CT molecular complexity index is 833. The number of aromatic nitrogens is 2. The van der Waals surface area contributed by atoms with Gasteiger partial charge in [-0.1, -0.05) is 6.07 Å². The highest BCUT2D eigenvalue weighted by molar-refractivity contribution is 9.10. The minimum Gasteiger partial charge on any atom is -0.337 e. The topological polar surface area (TPSA) is 37.8 Å². The fourth-order valence-corrected chi connectivity index (χ4v) is 2.51. The van der Waals surface area contributed by atoms with Crippen molar-refractivity contribution >= 4 is 38.3 Å². The Morgan fingerprint density at radius 1 is 1.10 bits per heavy atom. The molecule has 5 heteroatoms. The first-order valence-corrected chi connectivity index (χ1v) is 7.28. The van der Waals surface area contributed by atoms with Gasteiger partial charge in [0.1, 0.15) is 12.1 Å². The van der Waals surface area contributed by atoms with Crippen molar-refractivity contribution in [2.24, 2.45) is 0 Å². The van der Waals surface area contributed by atoms with E-state index in [1.165, 1.54) is 11.9 Å². The van der Waals surface area contributed by atoms with Crippen LogP contribution in [0.25, 0.3) is 10.9 Å². The summed E-state index contributed by atoms with van der Waals surface area (Å²) < 4.78 is 14.5. The zero-order chi connectivity index (χ0) is 15.0. The summed E-state index contributed by atoms with van der Waals surface area (Å²) in [6, 6.07) is 9.13. The number of fused-ring (bicyclic) bond motifs is 1.